The van der Waals surface area contributed by atoms with Gasteiger partial charge in [0.2, 0.25) is 6.71 Å². The van der Waals surface area contributed by atoms with Gasteiger partial charge in [-0.2, -0.15) is 0 Å². The summed E-state index contributed by atoms with van der Waals surface area (Å²) in [4.78, 5) is 10.2. The number of hydrogen-bond acceptors (Lipinski definition) is 5. The zero-order valence-electron chi connectivity index (χ0n) is 44.8. The molecule has 12 aromatic rings. The van der Waals surface area contributed by atoms with Crippen LogP contribution >= 0.6 is 11.3 Å². The smallest absolute Gasteiger partial charge is 0.252 e. The molecule has 0 fully saturated rings. The van der Waals surface area contributed by atoms with E-state index in [0.29, 0.717) is 11.8 Å². The van der Waals surface area contributed by atoms with Crippen LogP contribution in [0.3, 0.4) is 0 Å². The summed E-state index contributed by atoms with van der Waals surface area (Å²) in [5.74, 6) is 0.629. The number of fused-ring (bicyclic) bond motifs is 10. The van der Waals surface area contributed by atoms with Crippen molar-refractivity contribution in [2.45, 2.75) is 39.5 Å². The van der Waals surface area contributed by atoms with Crippen molar-refractivity contribution in [1.29, 1.82) is 0 Å². The second-order valence-corrected chi connectivity index (χ2v) is 23.0. The van der Waals surface area contributed by atoms with E-state index in [1.807, 2.05) is 11.3 Å². The number of anilines is 12. The Kier molecular flexibility index (Phi) is 11.3. The number of benzene rings is 11. The lowest BCUT2D eigenvalue weighted by atomic mass is 9.30. The van der Waals surface area contributed by atoms with Crippen LogP contribution in [0.25, 0.3) is 20.2 Å². The maximum atomic E-state index is 2.67. The van der Waals surface area contributed by atoms with Gasteiger partial charge in [0.25, 0.3) is 6.71 Å². The molecule has 0 radical (unpaired) electrons. The van der Waals surface area contributed by atoms with E-state index in [0.717, 1.165) is 39.8 Å². The lowest BCUT2D eigenvalue weighted by Crippen LogP contribution is -2.64. The van der Waals surface area contributed by atoms with Crippen molar-refractivity contribution >= 4 is 146 Å². The largest absolute Gasteiger partial charge is 0.311 e. The minimum Gasteiger partial charge on any atom is -0.311 e. The Bertz CT molecular complexity index is 4230. The monoisotopic (exact) mass is 1030 g/mol. The Morgan fingerprint density at radius 3 is 1.41 bits per heavy atom. The highest BCUT2D eigenvalue weighted by Gasteiger charge is 2.47. The molecule has 4 heterocycles. The van der Waals surface area contributed by atoms with Gasteiger partial charge in [-0.05, 0) is 147 Å². The molecule has 3 aliphatic heterocycles. The molecular weight excluding hydrogens is 975 g/mol. The van der Waals surface area contributed by atoms with Crippen LogP contribution in [-0.2, 0) is 0 Å². The van der Waals surface area contributed by atoms with Crippen molar-refractivity contribution in [2.75, 3.05) is 19.6 Å². The number of para-hydroxylation sites is 6. The third-order valence-corrected chi connectivity index (χ3v) is 17.9. The molecule has 376 valence electrons. The maximum absolute atomic E-state index is 2.67. The Morgan fingerprint density at radius 1 is 0.342 bits per heavy atom. The fourth-order valence-electron chi connectivity index (χ4n) is 13.5. The van der Waals surface area contributed by atoms with E-state index < -0.39 is 0 Å². The van der Waals surface area contributed by atoms with Crippen LogP contribution in [0.5, 0.6) is 0 Å². The van der Waals surface area contributed by atoms with Crippen molar-refractivity contribution in [1.82, 2.24) is 0 Å². The quantitative estimate of drug-likeness (QED) is 0.134. The minimum atomic E-state index is -0.146. The highest BCUT2D eigenvalue weighted by molar-refractivity contribution is 7.26. The summed E-state index contributed by atoms with van der Waals surface area (Å²) in [6.45, 7) is 9.29. The average molecular weight is 1030 g/mol. The SMILES string of the molecule is CC(C)c1cccc(C(C)C)c1B1c2ccccc2N(c2ccccc2)c2cc3c(cc21)B1c2ccc4sc5ccccc5c4c2N(c2ccccc2)c2cc(N(c4ccccc4)c4ccccc4)cc(c21)N3c1ccccc1. The Morgan fingerprint density at radius 2 is 0.823 bits per heavy atom. The molecule has 4 nitrogen and oxygen atoms in total. The van der Waals surface area contributed by atoms with Gasteiger partial charge in [-0.3, -0.25) is 0 Å². The molecule has 0 aliphatic carbocycles. The molecule has 0 unspecified atom stereocenters. The van der Waals surface area contributed by atoms with E-state index in [1.54, 1.807) is 0 Å². The van der Waals surface area contributed by atoms with Crippen LogP contribution < -0.4 is 52.4 Å². The molecule has 11 aromatic carbocycles. The molecule has 79 heavy (non-hydrogen) atoms. The second kappa shape index (κ2) is 18.9. The van der Waals surface area contributed by atoms with E-state index in [4.69, 9.17) is 0 Å². The van der Waals surface area contributed by atoms with Crippen molar-refractivity contribution in [3.05, 3.63) is 266 Å². The molecule has 7 heteroatoms. The summed E-state index contributed by atoms with van der Waals surface area (Å²) in [6, 6.07) is 95.5. The van der Waals surface area contributed by atoms with Crippen LogP contribution in [-0.4, -0.2) is 13.4 Å². The fraction of sp³-hybridized carbons (Fsp3) is 0.0833. The Balaban J connectivity index is 1.12. The zero-order valence-corrected chi connectivity index (χ0v) is 45.6. The number of hydrogen-bond donors (Lipinski definition) is 0. The van der Waals surface area contributed by atoms with E-state index in [9.17, 15) is 0 Å². The van der Waals surface area contributed by atoms with E-state index in [2.05, 4.69) is 302 Å². The summed E-state index contributed by atoms with van der Waals surface area (Å²) in [5, 5.41) is 2.58. The molecule has 0 saturated heterocycles. The standard InChI is InChI=1S/C72H56B2N4S/c1-47(2)55-36-24-37-56(48(3)4)70(55)73-58-38-21-22-39-62(58)76(51-29-14-7-15-30-51)63-46-64-61(45-60(63)73)74-59-41-42-68-69(57-35-20-23-40-67(57)79-68)72(59)78(53-33-18-9-19-34-53)66-44-54(43-65(71(66)74)77(64)52-31-16-8-17-32-52)75(49-25-10-5-11-26-49)50-27-12-6-13-28-50/h5-48H,1-4H3. The molecule has 15 rings (SSSR count). The van der Waals surface area contributed by atoms with Gasteiger partial charge < -0.3 is 19.6 Å². The van der Waals surface area contributed by atoms with Gasteiger partial charge in [-0.25, -0.2) is 0 Å². The summed E-state index contributed by atoms with van der Waals surface area (Å²) < 4.78 is 2.57. The first-order chi connectivity index (χ1) is 38.9. The summed E-state index contributed by atoms with van der Waals surface area (Å²) in [6.07, 6.45) is 0. The van der Waals surface area contributed by atoms with Gasteiger partial charge in [0, 0.05) is 77.0 Å². The van der Waals surface area contributed by atoms with E-state index >= 15 is 0 Å². The highest BCUT2D eigenvalue weighted by atomic mass is 32.1. The minimum absolute atomic E-state index is 0.0432. The van der Waals surface area contributed by atoms with E-state index in [1.165, 1.54) is 92.5 Å². The van der Waals surface area contributed by atoms with Gasteiger partial charge in [-0.1, -0.05) is 191 Å². The molecular formula is C72H56B2N4S. The predicted molar refractivity (Wildman–Crippen MR) is 342 cm³/mol. The number of nitrogens with zero attached hydrogens (tertiary/aromatic N) is 4. The molecule has 0 atom stereocenters. The van der Waals surface area contributed by atoms with Crippen molar-refractivity contribution in [3.63, 3.8) is 0 Å². The molecule has 3 aliphatic rings. The van der Waals surface area contributed by atoms with Crippen molar-refractivity contribution in [3.8, 4) is 0 Å². The highest BCUT2D eigenvalue weighted by Crippen LogP contribution is 2.52. The third kappa shape index (κ3) is 7.44. The van der Waals surface area contributed by atoms with Crippen LogP contribution in [0.4, 0.5) is 68.2 Å². The molecule has 0 N–H and O–H groups in total. The predicted octanol–water partition coefficient (Wildman–Crippen LogP) is 16.2. The normalized spacial score (nSPS) is 13.2. The number of thiophene rings is 1. The van der Waals surface area contributed by atoms with Gasteiger partial charge in [0.05, 0.1) is 11.4 Å². The zero-order chi connectivity index (χ0) is 52.9. The molecule has 0 saturated carbocycles. The van der Waals surface area contributed by atoms with Crippen LogP contribution in [0.2, 0.25) is 0 Å². The average Bonchev–Trinajstić information content (AvgIpc) is 4.04. The van der Waals surface area contributed by atoms with Crippen molar-refractivity contribution < 1.29 is 0 Å². The second-order valence-electron chi connectivity index (χ2n) is 21.9. The van der Waals surface area contributed by atoms with Gasteiger partial charge in [0.1, 0.15) is 0 Å². The number of rotatable bonds is 9. The lowest BCUT2D eigenvalue weighted by Gasteiger charge is -2.46. The van der Waals surface area contributed by atoms with Crippen LogP contribution in [0.15, 0.2) is 255 Å². The lowest BCUT2D eigenvalue weighted by molar-refractivity contribution is 0.845. The van der Waals surface area contributed by atoms with Gasteiger partial charge >= 0.3 is 0 Å². The summed E-state index contributed by atoms with van der Waals surface area (Å²) in [5.41, 5.74) is 24.5. The van der Waals surface area contributed by atoms with E-state index in [-0.39, 0.29) is 13.4 Å². The fourth-order valence-corrected chi connectivity index (χ4v) is 14.6. The maximum Gasteiger partial charge on any atom is 0.252 e. The summed E-state index contributed by atoms with van der Waals surface area (Å²) >= 11 is 1.89. The van der Waals surface area contributed by atoms with Gasteiger partial charge in [-0.15, -0.1) is 11.3 Å². The van der Waals surface area contributed by atoms with Crippen LogP contribution in [0.1, 0.15) is 50.7 Å². The first-order valence-corrected chi connectivity index (χ1v) is 28.7. The van der Waals surface area contributed by atoms with Crippen LogP contribution in [0, 0.1) is 0 Å². The topological polar surface area (TPSA) is 13.0 Å². The Hall–Kier alpha value is -9.03. The van der Waals surface area contributed by atoms with Gasteiger partial charge in [0.15, 0.2) is 0 Å². The molecule has 0 amide bonds. The molecule has 0 bridgehead atoms. The third-order valence-electron chi connectivity index (χ3n) is 16.8. The molecule has 0 spiro atoms. The Labute approximate surface area is 468 Å². The first kappa shape index (κ1) is 47.2. The molecule has 1 aromatic heterocycles. The van der Waals surface area contributed by atoms with Crippen molar-refractivity contribution in [2.24, 2.45) is 0 Å². The summed E-state index contributed by atoms with van der Waals surface area (Å²) in [7, 11) is 0. The first-order valence-electron chi connectivity index (χ1n) is 27.9.